The Kier molecular flexibility index (Phi) is 6.29. The molecule has 1 N–H and O–H groups in total. The largest absolute Gasteiger partial charge is 0.435 e. The van der Waals surface area contributed by atoms with Gasteiger partial charge in [0, 0.05) is 22.7 Å². The molecule has 0 saturated carbocycles. The number of nitrogens with zero attached hydrogens (tertiary/aromatic N) is 1. The first-order chi connectivity index (χ1) is 11.8. The number of hydrogen-bond acceptors (Lipinski definition) is 5. The zero-order valence-electron chi connectivity index (χ0n) is 13.0. The minimum atomic E-state index is -2.90. The van der Waals surface area contributed by atoms with Gasteiger partial charge in [-0.25, -0.2) is 0 Å². The number of anilines is 1. The zero-order chi connectivity index (χ0) is 18.4. The topological polar surface area (TPSA) is 81.5 Å². The molecule has 0 aliphatic rings. The van der Waals surface area contributed by atoms with E-state index in [0.717, 1.165) is 0 Å². The zero-order valence-corrected chi connectivity index (χ0v) is 13.8. The Hall–Kier alpha value is -2.68. The third kappa shape index (κ3) is 5.71. The van der Waals surface area contributed by atoms with E-state index in [1.165, 1.54) is 48.2 Å². The molecule has 25 heavy (non-hydrogen) atoms. The molecule has 1 amide bonds. The SMILES string of the molecule is CC(Sc1ccc([N+](=O)[O-])cc1)C(=O)Nc1ccc(OC(F)F)cc1. The van der Waals surface area contributed by atoms with Gasteiger partial charge in [0.05, 0.1) is 10.2 Å². The summed E-state index contributed by atoms with van der Waals surface area (Å²) in [5.41, 5.74) is 0.426. The van der Waals surface area contributed by atoms with Crippen LogP contribution < -0.4 is 10.1 Å². The summed E-state index contributed by atoms with van der Waals surface area (Å²) in [6.45, 7) is -1.21. The number of carbonyl (C=O) groups is 1. The summed E-state index contributed by atoms with van der Waals surface area (Å²) in [5, 5.41) is 12.8. The van der Waals surface area contributed by atoms with E-state index in [1.807, 2.05) is 0 Å². The van der Waals surface area contributed by atoms with Crippen molar-refractivity contribution in [2.45, 2.75) is 23.7 Å². The summed E-state index contributed by atoms with van der Waals surface area (Å²) >= 11 is 1.24. The van der Waals surface area contributed by atoms with E-state index < -0.39 is 16.8 Å². The van der Waals surface area contributed by atoms with Crippen LogP contribution in [0.4, 0.5) is 20.2 Å². The van der Waals surface area contributed by atoms with E-state index in [-0.39, 0.29) is 17.3 Å². The summed E-state index contributed by atoms with van der Waals surface area (Å²) in [7, 11) is 0. The second-order valence-corrected chi connectivity index (χ2v) is 6.32. The molecule has 9 heteroatoms. The number of carbonyl (C=O) groups excluding carboxylic acids is 1. The Morgan fingerprint density at radius 1 is 1.16 bits per heavy atom. The van der Waals surface area contributed by atoms with Gasteiger partial charge in [0.1, 0.15) is 5.75 Å². The predicted octanol–water partition coefficient (Wildman–Crippen LogP) is 4.32. The quantitative estimate of drug-likeness (QED) is 0.447. The lowest BCUT2D eigenvalue weighted by Crippen LogP contribution is -2.22. The lowest BCUT2D eigenvalue weighted by atomic mass is 10.3. The van der Waals surface area contributed by atoms with Gasteiger partial charge in [-0.2, -0.15) is 8.78 Å². The fourth-order valence-corrected chi connectivity index (χ4v) is 2.74. The van der Waals surface area contributed by atoms with Crippen molar-refractivity contribution in [1.82, 2.24) is 0 Å². The molecule has 132 valence electrons. The molecule has 2 rings (SSSR count). The van der Waals surface area contributed by atoms with Gasteiger partial charge in [0.15, 0.2) is 0 Å². The molecule has 2 aromatic carbocycles. The molecule has 2 aromatic rings. The van der Waals surface area contributed by atoms with Gasteiger partial charge in [-0.15, -0.1) is 11.8 Å². The van der Waals surface area contributed by atoms with Crippen molar-refractivity contribution in [3.05, 3.63) is 58.6 Å². The Bertz CT molecular complexity index is 739. The number of nitro groups is 1. The average Bonchev–Trinajstić information content (AvgIpc) is 2.56. The Labute approximate surface area is 146 Å². The van der Waals surface area contributed by atoms with Crippen molar-refractivity contribution in [2.24, 2.45) is 0 Å². The number of amides is 1. The predicted molar refractivity (Wildman–Crippen MR) is 90.1 cm³/mol. The lowest BCUT2D eigenvalue weighted by molar-refractivity contribution is -0.384. The third-order valence-corrected chi connectivity index (χ3v) is 4.19. The smallest absolute Gasteiger partial charge is 0.387 e. The highest BCUT2D eigenvalue weighted by Crippen LogP contribution is 2.26. The van der Waals surface area contributed by atoms with Gasteiger partial charge in [0.25, 0.3) is 5.69 Å². The highest BCUT2D eigenvalue weighted by Gasteiger charge is 2.15. The number of benzene rings is 2. The van der Waals surface area contributed by atoms with Crippen LogP contribution in [-0.2, 0) is 4.79 Å². The lowest BCUT2D eigenvalue weighted by Gasteiger charge is -2.12. The van der Waals surface area contributed by atoms with Crippen LogP contribution in [0.25, 0.3) is 0 Å². The van der Waals surface area contributed by atoms with Crippen molar-refractivity contribution >= 4 is 29.0 Å². The van der Waals surface area contributed by atoms with Gasteiger partial charge >= 0.3 is 6.61 Å². The number of hydrogen-bond donors (Lipinski definition) is 1. The highest BCUT2D eigenvalue weighted by molar-refractivity contribution is 8.00. The van der Waals surface area contributed by atoms with E-state index in [2.05, 4.69) is 10.1 Å². The van der Waals surface area contributed by atoms with Crippen LogP contribution in [0.1, 0.15) is 6.92 Å². The molecule has 0 radical (unpaired) electrons. The summed E-state index contributed by atoms with van der Waals surface area (Å²) in [6.07, 6.45) is 0. The van der Waals surface area contributed by atoms with E-state index in [1.54, 1.807) is 19.1 Å². The van der Waals surface area contributed by atoms with Gasteiger partial charge in [-0.05, 0) is 43.3 Å². The Balaban J connectivity index is 1.92. The van der Waals surface area contributed by atoms with Gasteiger partial charge in [-0.3, -0.25) is 14.9 Å². The number of thioether (sulfide) groups is 1. The van der Waals surface area contributed by atoms with Crippen LogP contribution in [0.15, 0.2) is 53.4 Å². The van der Waals surface area contributed by atoms with Crippen molar-refractivity contribution in [2.75, 3.05) is 5.32 Å². The standard InChI is InChI=1S/C16H14F2N2O4S/c1-10(25-14-8-4-12(5-9-14)20(22)23)15(21)19-11-2-6-13(7-3-11)24-16(17)18/h2-10,16H,1H3,(H,19,21). The fraction of sp³-hybridized carbons (Fsp3) is 0.188. The molecule has 0 aliphatic heterocycles. The Morgan fingerprint density at radius 2 is 1.76 bits per heavy atom. The highest BCUT2D eigenvalue weighted by atomic mass is 32.2. The van der Waals surface area contributed by atoms with Gasteiger partial charge < -0.3 is 10.1 Å². The van der Waals surface area contributed by atoms with Crippen LogP contribution in [0, 0.1) is 10.1 Å². The molecule has 1 unspecified atom stereocenters. The van der Waals surface area contributed by atoms with Crippen LogP contribution in [0.5, 0.6) is 5.75 Å². The number of ether oxygens (including phenoxy) is 1. The first-order valence-corrected chi connectivity index (χ1v) is 8.00. The van der Waals surface area contributed by atoms with E-state index >= 15 is 0 Å². The summed E-state index contributed by atoms with van der Waals surface area (Å²) < 4.78 is 28.4. The van der Waals surface area contributed by atoms with Gasteiger partial charge in [0.2, 0.25) is 5.91 Å². The first kappa shape index (κ1) is 18.7. The molecule has 0 aliphatic carbocycles. The number of non-ortho nitro benzene ring substituents is 1. The molecule has 0 aromatic heterocycles. The van der Waals surface area contributed by atoms with E-state index in [0.29, 0.717) is 10.6 Å². The van der Waals surface area contributed by atoms with Crippen molar-refractivity contribution in [3.8, 4) is 5.75 Å². The molecule has 0 spiro atoms. The summed E-state index contributed by atoms with van der Waals surface area (Å²) in [6, 6.07) is 11.5. The third-order valence-electron chi connectivity index (χ3n) is 3.08. The maximum atomic E-state index is 12.2. The molecule has 1 atom stereocenters. The minimum Gasteiger partial charge on any atom is -0.435 e. The van der Waals surface area contributed by atoms with Crippen molar-refractivity contribution < 1.29 is 23.2 Å². The first-order valence-electron chi connectivity index (χ1n) is 7.12. The minimum absolute atomic E-state index is 0.00121. The van der Waals surface area contributed by atoms with Crippen LogP contribution in [0.2, 0.25) is 0 Å². The summed E-state index contributed by atoms with van der Waals surface area (Å²) in [5.74, 6) is -0.285. The maximum absolute atomic E-state index is 12.2. The second-order valence-electron chi connectivity index (χ2n) is 4.90. The van der Waals surface area contributed by atoms with Crippen LogP contribution in [-0.4, -0.2) is 22.7 Å². The van der Waals surface area contributed by atoms with Gasteiger partial charge in [-0.1, -0.05) is 0 Å². The molecular weight excluding hydrogens is 354 g/mol. The molecule has 6 nitrogen and oxygen atoms in total. The molecule has 0 bridgehead atoms. The number of nitro benzene ring substituents is 1. The second kappa shape index (κ2) is 8.43. The molecular formula is C16H14F2N2O4S. The number of halogens is 2. The maximum Gasteiger partial charge on any atom is 0.387 e. The number of rotatable bonds is 7. The monoisotopic (exact) mass is 368 g/mol. The van der Waals surface area contributed by atoms with Crippen LogP contribution >= 0.6 is 11.8 Å². The number of nitrogens with one attached hydrogen (secondary N) is 1. The number of alkyl halides is 2. The summed E-state index contributed by atoms with van der Waals surface area (Å²) in [4.78, 5) is 23.0. The van der Waals surface area contributed by atoms with E-state index in [9.17, 15) is 23.7 Å². The molecule has 0 heterocycles. The van der Waals surface area contributed by atoms with E-state index in [4.69, 9.17) is 0 Å². The molecule has 0 fully saturated rings. The van der Waals surface area contributed by atoms with Crippen LogP contribution in [0.3, 0.4) is 0 Å². The normalized spacial score (nSPS) is 11.8. The van der Waals surface area contributed by atoms with Crippen molar-refractivity contribution in [1.29, 1.82) is 0 Å². The van der Waals surface area contributed by atoms with Crippen molar-refractivity contribution in [3.63, 3.8) is 0 Å². The average molecular weight is 368 g/mol. The molecule has 0 saturated heterocycles. The fourth-order valence-electron chi connectivity index (χ4n) is 1.87. The Morgan fingerprint density at radius 3 is 2.28 bits per heavy atom.